The molecule has 1 aromatic carbocycles. The maximum atomic E-state index is 9.96. The molecule has 2 unspecified atom stereocenters. The number of hydrogen-bond donors (Lipinski definition) is 2. The first-order chi connectivity index (χ1) is 8.62. The molecule has 1 aliphatic heterocycles. The van der Waals surface area contributed by atoms with Gasteiger partial charge in [-0.2, -0.15) is 0 Å². The number of nitrogens with one attached hydrogen (secondary N) is 1. The van der Waals surface area contributed by atoms with Crippen LogP contribution in [0.1, 0.15) is 38.2 Å². The molecule has 0 saturated carbocycles. The van der Waals surface area contributed by atoms with Crippen molar-refractivity contribution in [2.45, 2.75) is 38.2 Å². The van der Waals surface area contributed by atoms with Gasteiger partial charge in [0.25, 0.3) is 0 Å². The van der Waals surface area contributed by atoms with Gasteiger partial charge < -0.3 is 15.2 Å². The zero-order valence-electron chi connectivity index (χ0n) is 11.3. The highest BCUT2D eigenvalue weighted by Crippen LogP contribution is 2.32. The summed E-state index contributed by atoms with van der Waals surface area (Å²) in [5, 5.41) is 13.3. The van der Waals surface area contributed by atoms with E-state index in [-0.39, 0.29) is 0 Å². The largest absolute Gasteiger partial charge is 0.493 e. The molecule has 3 nitrogen and oxygen atoms in total. The van der Waals surface area contributed by atoms with Gasteiger partial charge in [-0.05, 0) is 31.4 Å². The summed E-state index contributed by atoms with van der Waals surface area (Å²) in [6, 6.07) is 8.24. The second-order valence-corrected chi connectivity index (χ2v) is 5.35. The monoisotopic (exact) mass is 249 g/mol. The van der Waals surface area contributed by atoms with Gasteiger partial charge in [-0.3, -0.25) is 0 Å². The summed E-state index contributed by atoms with van der Waals surface area (Å²) >= 11 is 0. The molecule has 1 aromatic rings. The quantitative estimate of drug-likeness (QED) is 0.841. The van der Waals surface area contributed by atoms with Crippen LogP contribution in [0.4, 0.5) is 0 Å². The smallest absolute Gasteiger partial charge is 0.122 e. The van der Waals surface area contributed by atoms with Crippen LogP contribution in [0, 0.1) is 0 Å². The van der Waals surface area contributed by atoms with Crippen molar-refractivity contribution >= 4 is 0 Å². The lowest BCUT2D eigenvalue weighted by atomic mass is 9.93. The van der Waals surface area contributed by atoms with Gasteiger partial charge in [-0.25, -0.2) is 0 Å². The maximum Gasteiger partial charge on any atom is 0.122 e. The predicted molar refractivity (Wildman–Crippen MR) is 73.1 cm³/mol. The summed E-state index contributed by atoms with van der Waals surface area (Å²) in [4.78, 5) is 0. The lowest BCUT2D eigenvalue weighted by Crippen LogP contribution is -2.39. The Labute approximate surface area is 109 Å². The van der Waals surface area contributed by atoms with Crippen molar-refractivity contribution in [1.29, 1.82) is 0 Å². The molecule has 2 atom stereocenters. The standard InChI is InChI=1S/C15H23NO2/c1-3-15(2,17)11-16-10-12-8-9-18-14-7-5-4-6-13(12)14/h4-7,12,16-17H,3,8-11H2,1-2H3. The van der Waals surface area contributed by atoms with Crippen molar-refractivity contribution in [3.05, 3.63) is 29.8 Å². The van der Waals surface area contributed by atoms with Gasteiger partial charge in [0.15, 0.2) is 0 Å². The summed E-state index contributed by atoms with van der Waals surface area (Å²) in [5.41, 5.74) is 0.678. The highest BCUT2D eigenvalue weighted by atomic mass is 16.5. The van der Waals surface area contributed by atoms with Crippen LogP contribution in [0.25, 0.3) is 0 Å². The number of fused-ring (bicyclic) bond motifs is 1. The number of benzene rings is 1. The third-order valence-corrected chi connectivity index (χ3v) is 3.74. The van der Waals surface area contributed by atoms with Crippen molar-refractivity contribution in [1.82, 2.24) is 5.32 Å². The predicted octanol–water partition coefficient (Wildman–Crippen LogP) is 2.30. The summed E-state index contributed by atoms with van der Waals surface area (Å²) < 4.78 is 5.64. The fraction of sp³-hybridized carbons (Fsp3) is 0.600. The van der Waals surface area contributed by atoms with Gasteiger partial charge >= 0.3 is 0 Å². The molecule has 0 aliphatic carbocycles. The van der Waals surface area contributed by atoms with Crippen molar-refractivity contribution in [3.63, 3.8) is 0 Å². The van der Waals surface area contributed by atoms with Crippen LogP contribution in [0.3, 0.4) is 0 Å². The average molecular weight is 249 g/mol. The molecule has 18 heavy (non-hydrogen) atoms. The summed E-state index contributed by atoms with van der Waals surface area (Å²) in [5.74, 6) is 1.50. The number of rotatable bonds is 5. The normalized spacial score (nSPS) is 21.8. The van der Waals surface area contributed by atoms with E-state index in [1.165, 1.54) is 5.56 Å². The molecule has 0 saturated heterocycles. The SMILES string of the molecule is CCC(C)(O)CNCC1CCOc2ccccc21. The molecule has 100 valence electrons. The Balaban J connectivity index is 1.92. The Hall–Kier alpha value is -1.06. The molecule has 1 heterocycles. The molecule has 0 bridgehead atoms. The highest BCUT2D eigenvalue weighted by molar-refractivity contribution is 5.37. The van der Waals surface area contributed by atoms with Gasteiger partial charge in [0.2, 0.25) is 0 Å². The summed E-state index contributed by atoms with van der Waals surface area (Å²) in [6.07, 6.45) is 1.81. The van der Waals surface area contributed by atoms with Gasteiger partial charge in [0, 0.05) is 19.0 Å². The third kappa shape index (κ3) is 3.24. The number of aliphatic hydroxyl groups is 1. The lowest BCUT2D eigenvalue weighted by Gasteiger charge is -2.28. The molecule has 0 fully saturated rings. The van der Waals surface area contributed by atoms with Crippen molar-refractivity contribution < 1.29 is 9.84 Å². The third-order valence-electron chi connectivity index (χ3n) is 3.74. The summed E-state index contributed by atoms with van der Waals surface area (Å²) in [6.45, 7) is 6.20. The minimum Gasteiger partial charge on any atom is -0.493 e. The molecule has 1 aliphatic rings. The van der Waals surface area contributed by atoms with E-state index in [0.717, 1.165) is 31.7 Å². The topological polar surface area (TPSA) is 41.5 Å². The van der Waals surface area contributed by atoms with E-state index in [0.29, 0.717) is 12.5 Å². The maximum absolute atomic E-state index is 9.96. The fourth-order valence-corrected chi connectivity index (χ4v) is 2.27. The number of hydrogen-bond acceptors (Lipinski definition) is 3. The Kier molecular flexibility index (Phi) is 4.25. The Morgan fingerprint density at radius 3 is 3.00 bits per heavy atom. The van der Waals surface area contributed by atoms with Crippen molar-refractivity contribution in [2.75, 3.05) is 19.7 Å². The van der Waals surface area contributed by atoms with Gasteiger partial charge in [0.1, 0.15) is 5.75 Å². The first-order valence-electron chi connectivity index (χ1n) is 6.77. The Morgan fingerprint density at radius 2 is 2.22 bits per heavy atom. The van der Waals surface area contributed by atoms with Crippen LogP contribution in [-0.4, -0.2) is 30.4 Å². The van der Waals surface area contributed by atoms with Crippen molar-refractivity contribution in [3.8, 4) is 5.75 Å². The van der Waals surface area contributed by atoms with Crippen molar-refractivity contribution in [2.24, 2.45) is 0 Å². The fourth-order valence-electron chi connectivity index (χ4n) is 2.27. The second kappa shape index (κ2) is 5.72. The molecule has 0 radical (unpaired) electrons. The van der Waals surface area contributed by atoms with Gasteiger partial charge in [-0.15, -0.1) is 0 Å². The first-order valence-corrected chi connectivity index (χ1v) is 6.77. The molecule has 0 spiro atoms. The highest BCUT2D eigenvalue weighted by Gasteiger charge is 2.22. The van der Waals surface area contributed by atoms with Gasteiger partial charge in [0.05, 0.1) is 12.2 Å². The number of para-hydroxylation sites is 1. The van der Waals surface area contributed by atoms with E-state index >= 15 is 0 Å². The lowest BCUT2D eigenvalue weighted by molar-refractivity contribution is 0.0553. The second-order valence-electron chi connectivity index (χ2n) is 5.35. The Morgan fingerprint density at radius 1 is 1.44 bits per heavy atom. The number of ether oxygens (including phenoxy) is 1. The van der Waals surface area contributed by atoms with E-state index in [1.54, 1.807) is 0 Å². The molecule has 2 N–H and O–H groups in total. The molecule has 2 rings (SSSR count). The Bertz CT molecular complexity index is 390. The molecule has 0 amide bonds. The van der Waals surface area contributed by atoms with Crippen LogP contribution in [-0.2, 0) is 0 Å². The van der Waals surface area contributed by atoms with Crippen LogP contribution >= 0.6 is 0 Å². The van der Waals surface area contributed by atoms with Crippen LogP contribution < -0.4 is 10.1 Å². The first kappa shape index (κ1) is 13.4. The van der Waals surface area contributed by atoms with Crippen LogP contribution in [0.15, 0.2) is 24.3 Å². The minimum absolute atomic E-state index is 0.489. The molecular formula is C15H23NO2. The molecular weight excluding hydrogens is 226 g/mol. The van der Waals surface area contributed by atoms with E-state index < -0.39 is 5.60 Å². The van der Waals surface area contributed by atoms with E-state index in [1.807, 2.05) is 26.0 Å². The van der Waals surface area contributed by atoms with E-state index in [2.05, 4.69) is 17.4 Å². The van der Waals surface area contributed by atoms with E-state index in [9.17, 15) is 5.11 Å². The zero-order chi connectivity index (χ0) is 13.0. The minimum atomic E-state index is -0.606. The van der Waals surface area contributed by atoms with Gasteiger partial charge in [-0.1, -0.05) is 25.1 Å². The summed E-state index contributed by atoms with van der Waals surface area (Å²) in [7, 11) is 0. The van der Waals surface area contributed by atoms with Crippen LogP contribution in [0.2, 0.25) is 0 Å². The van der Waals surface area contributed by atoms with Crippen LogP contribution in [0.5, 0.6) is 5.75 Å². The molecule has 3 heteroatoms. The molecule has 0 aromatic heterocycles. The average Bonchev–Trinajstić information content (AvgIpc) is 2.39. The van der Waals surface area contributed by atoms with E-state index in [4.69, 9.17) is 4.74 Å². The zero-order valence-corrected chi connectivity index (χ0v) is 11.3.